The predicted molar refractivity (Wildman–Crippen MR) is 83.3 cm³/mol. The first kappa shape index (κ1) is 16.8. The molecule has 19 heavy (non-hydrogen) atoms. The lowest BCUT2D eigenvalue weighted by atomic mass is 10.1. The molecule has 1 unspecified atom stereocenters. The SMILES string of the molecule is CCCNC(COC(C)C)Cc1ccc(Cl)cc1Cl. The summed E-state index contributed by atoms with van der Waals surface area (Å²) in [5.74, 6) is 0. The second kappa shape index (κ2) is 8.80. The molecule has 0 fully saturated rings. The van der Waals surface area contributed by atoms with Crippen LogP contribution in [-0.4, -0.2) is 25.3 Å². The van der Waals surface area contributed by atoms with Gasteiger partial charge in [-0.1, -0.05) is 36.2 Å². The van der Waals surface area contributed by atoms with E-state index in [1.165, 1.54) is 0 Å². The molecule has 0 saturated heterocycles. The predicted octanol–water partition coefficient (Wildman–Crippen LogP) is 4.33. The van der Waals surface area contributed by atoms with Crippen LogP contribution in [0, 0.1) is 0 Å². The third-order valence-corrected chi connectivity index (χ3v) is 3.38. The molecule has 2 nitrogen and oxygen atoms in total. The Bertz CT molecular complexity index is 382. The van der Waals surface area contributed by atoms with Gasteiger partial charge in [-0.25, -0.2) is 0 Å². The van der Waals surface area contributed by atoms with E-state index >= 15 is 0 Å². The molecule has 108 valence electrons. The number of hydrogen-bond donors (Lipinski definition) is 1. The zero-order chi connectivity index (χ0) is 14.3. The minimum Gasteiger partial charge on any atom is -0.377 e. The molecule has 0 aromatic heterocycles. The maximum absolute atomic E-state index is 6.22. The van der Waals surface area contributed by atoms with E-state index in [1.54, 1.807) is 6.07 Å². The van der Waals surface area contributed by atoms with Gasteiger partial charge in [0, 0.05) is 16.1 Å². The lowest BCUT2D eigenvalue weighted by Gasteiger charge is -2.20. The maximum atomic E-state index is 6.22. The fourth-order valence-corrected chi connectivity index (χ4v) is 2.29. The van der Waals surface area contributed by atoms with Crippen molar-refractivity contribution in [3.63, 3.8) is 0 Å². The van der Waals surface area contributed by atoms with Gasteiger partial charge in [-0.2, -0.15) is 0 Å². The van der Waals surface area contributed by atoms with E-state index in [1.807, 2.05) is 26.0 Å². The van der Waals surface area contributed by atoms with Gasteiger partial charge in [-0.05, 0) is 50.9 Å². The van der Waals surface area contributed by atoms with Gasteiger partial charge in [0.25, 0.3) is 0 Å². The molecule has 0 amide bonds. The van der Waals surface area contributed by atoms with E-state index in [2.05, 4.69) is 12.2 Å². The van der Waals surface area contributed by atoms with Crippen molar-refractivity contribution in [2.24, 2.45) is 0 Å². The number of benzene rings is 1. The quantitative estimate of drug-likeness (QED) is 0.772. The summed E-state index contributed by atoms with van der Waals surface area (Å²) in [6.45, 7) is 7.93. The first-order valence-corrected chi connectivity index (χ1v) is 7.57. The van der Waals surface area contributed by atoms with Gasteiger partial charge in [0.1, 0.15) is 0 Å². The molecule has 1 aromatic carbocycles. The Morgan fingerprint density at radius 2 is 2.00 bits per heavy atom. The highest BCUT2D eigenvalue weighted by atomic mass is 35.5. The highest BCUT2D eigenvalue weighted by Crippen LogP contribution is 2.22. The van der Waals surface area contributed by atoms with Crippen molar-refractivity contribution in [3.05, 3.63) is 33.8 Å². The molecular formula is C15H23Cl2NO. The van der Waals surface area contributed by atoms with Crippen molar-refractivity contribution in [1.82, 2.24) is 5.32 Å². The van der Waals surface area contributed by atoms with Gasteiger partial charge in [0.2, 0.25) is 0 Å². The average Bonchev–Trinajstić information content (AvgIpc) is 2.35. The molecule has 1 aromatic rings. The second-order valence-electron chi connectivity index (χ2n) is 4.97. The van der Waals surface area contributed by atoms with Gasteiger partial charge in [0.05, 0.1) is 12.7 Å². The summed E-state index contributed by atoms with van der Waals surface area (Å²) >= 11 is 12.1. The molecule has 0 spiro atoms. The van der Waals surface area contributed by atoms with E-state index in [4.69, 9.17) is 27.9 Å². The summed E-state index contributed by atoms with van der Waals surface area (Å²) in [4.78, 5) is 0. The van der Waals surface area contributed by atoms with Crippen molar-refractivity contribution < 1.29 is 4.74 Å². The van der Waals surface area contributed by atoms with Gasteiger partial charge in [-0.15, -0.1) is 0 Å². The van der Waals surface area contributed by atoms with Crippen molar-refractivity contribution in [1.29, 1.82) is 0 Å². The smallest absolute Gasteiger partial charge is 0.0626 e. The monoisotopic (exact) mass is 303 g/mol. The zero-order valence-electron chi connectivity index (χ0n) is 11.9. The molecule has 0 radical (unpaired) electrons. The van der Waals surface area contributed by atoms with Crippen molar-refractivity contribution in [3.8, 4) is 0 Å². The zero-order valence-corrected chi connectivity index (χ0v) is 13.4. The average molecular weight is 304 g/mol. The number of hydrogen-bond acceptors (Lipinski definition) is 2. The first-order chi connectivity index (χ1) is 9.02. The molecule has 0 heterocycles. The van der Waals surface area contributed by atoms with Crippen molar-refractivity contribution in [2.45, 2.75) is 45.8 Å². The van der Waals surface area contributed by atoms with Crippen LogP contribution in [-0.2, 0) is 11.2 Å². The third-order valence-electron chi connectivity index (χ3n) is 2.80. The number of ether oxygens (including phenoxy) is 1. The van der Waals surface area contributed by atoms with Crippen LogP contribution in [0.3, 0.4) is 0 Å². The number of nitrogens with one attached hydrogen (secondary N) is 1. The highest BCUT2D eigenvalue weighted by Gasteiger charge is 2.12. The molecular weight excluding hydrogens is 281 g/mol. The summed E-state index contributed by atoms with van der Waals surface area (Å²) in [6, 6.07) is 5.93. The van der Waals surface area contributed by atoms with Crippen LogP contribution in [0.15, 0.2) is 18.2 Å². The summed E-state index contributed by atoms with van der Waals surface area (Å²) in [7, 11) is 0. The lowest BCUT2D eigenvalue weighted by molar-refractivity contribution is 0.0613. The van der Waals surface area contributed by atoms with Crippen LogP contribution in [0.25, 0.3) is 0 Å². The Hall–Kier alpha value is -0.280. The van der Waals surface area contributed by atoms with E-state index in [0.29, 0.717) is 11.6 Å². The molecule has 1 rings (SSSR count). The van der Waals surface area contributed by atoms with Crippen LogP contribution in [0.1, 0.15) is 32.8 Å². The molecule has 0 aliphatic rings. The standard InChI is InChI=1S/C15H23Cl2NO/c1-4-7-18-14(10-19-11(2)3)8-12-5-6-13(16)9-15(12)17/h5-6,9,11,14,18H,4,7-8,10H2,1-3H3. The topological polar surface area (TPSA) is 21.3 Å². The Kier molecular flexibility index (Phi) is 7.77. The molecule has 1 atom stereocenters. The highest BCUT2D eigenvalue weighted by molar-refractivity contribution is 6.35. The Morgan fingerprint density at radius 1 is 1.26 bits per heavy atom. The Labute approximate surface area is 126 Å². The summed E-state index contributed by atoms with van der Waals surface area (Å²) < 4.78 is 5.71. The summed E-state index contributed by atoms with van der Waals surface area (Å²) in [5, 5.41) is 4.89. The first-order valence-electron chi connectivity index (χ1n) is 6.81. The largest absolute Gasteiger partial charge is 0.377 e. The molecule has 4 heteroatoms. The van der Waals surface area contributed by atoms with Crippen LogP contribution >= 0.6 is 23.2 Å². The Balaban J connectivity index is 2.63. The normalized spacial score (nSPS) is 12.9. The maximum Gasteiger partial charge on any atom is 0.0626 e. The fraction of sp³-hybridized carbons (Fsp3) is 0.600. The van der Waals surface area contributed by atoms with E-state index in [-0.39, 0.29) is 12.1 Å². The molecule has 1 N–H and O–H groups in total. The van der Waals surface area contributed by atoms with Crippen LogP contribution in [0.2, 0.25) is 10.0 Å². The number of halogens is 2. The van der Waals surface area contributed by atoms with E-state index in [9.17, 15) is 0 Å². The van der Waals surface area contributed by atoms with Crippen LogP contribution < -0.4 is 5.32 Å². The van der Waals surface area contributed by atoms with Gasteiger partial charge in [-0.3, -0.25) is 0 Å². The molecule has 0 saturated carbocycles. The van der Waals surface area contributed by atoms with Gasteiger partial charge in [0.15, 0.2) is 0 Å². The molecule has 0 bridgehead atoms. The van der Waals surface area contributed by atoms with Crippen LogP contribution in [0.4, 0.5) is 0 Å². The summed E-state index contributed by atoms with van der Waals surface area (Å²) in [6.07, 6.45) is 2.20. The fourth-order valence-electron chi connectivity index (χ4n) is 1.80. The Morgan fingerprint density at radius 3 is 2.58 bits per heavy atom. The van der Waals surface area contributed by atoms with Crippen LogP contribution in [0.5, 0.6) is 0 Å². The number of rotatable bonds is 8. The second-order valence-corrected chi connectivity index (χ2v) is 5.82. The molecule has 0 aliphatic heterocycles. The third kappa shape index (κ3) is 6.62. The van der Waals surface area contributed by atoms with Gasteiger partial charge >= 0.3 is 0 Å². The van der Waals surface area contributed by atoms with E-state index < -0.39 is 0 Å². The van der Waals surface area contributed by atoms with Crippen molar-refractivity contribution >= 4 is 23.2 Å². The minimum absolute atomic E-state index is 0.242. The van der Waals surface area contributed by atoms with E-state index in [0.717, 1.165) is 30.0 Å². The summed E-state index contributed by atoms with van der Waals surface area (Å²) in [5.41, 5.74) is 1.10. The van der Waals surface area contributed by atoms with Crippen molar-refractivity contribution in [2.75, 3.05) is 13.2 Å². The van der Waals surface area contributed by atoms with Gasteiger partial charge < -0.3 is 10.1 Å². The lowest BCUT2D eigenvalue weighted by Crippen LogP contribution is -2.36. The minimum atomic E-state index is 0.242. The molecule has 0 aliphatic carbocycles.